The molecule has 1 aliphatic carbocycles. The van der Waals surface area contributed by atoms with Gasteiger partial charge in [-0.25, -0.2) is 13.4 Å². The molecular weight excluding hydrogens is 284 g/mol. The van der Waals surface area contributed by atoms with E-state index in [1.54, 1.807) is 4.31 Å². The Kier molecular flexibility index (Phi) is 4.48. The van der Waals surface area contributed by atoms with E-state index in [1.807, 2.05) is 0 Å². The number of pyridine rings is 1. The van der Waals surface area contributed by atoms with Gasteiger partial charge in [-0.1, -0.05) is 25.4 Å². The van der Waals surface area contributed by atoms with Crippen molar-refractivity contribution in [2.45, 2.75) is 44.0 Å². The maximum Gasteiger partial charge on any atom is 0.244 e. The van der Waals surface area contributed by atoms with E-state index < -0.39 is 10.0 Å². The van der Waals surface area contributed by atoms with Gasteiger partial charge in [-0.15, -0.1) is 0 Å². The third-order valence-electron chi connectivity index (χ3n) is 3.19. The molecule has 1 aromatic heterocycles. The third kappa shape index (κ3) is 3.68. The van der Waals surface area contributed by atoms with Crippen molar-refractivity contribution >= 4 is 21.6 Å². The fourth-order valence-electron chi connectivity index (χ4n) is 1.90. The van der Waals surface area contributed by atoms with Crippen molar-refractivity contribution < 1.29 is 8.42 Å². The monoisotopic (exact) mass is 302 g/mol. The lowest BCUT2D eigenvalue weighted by Crippen LogP contribution is -2.34. The average Bonchev–Trinajstić information content (AvgIpc) is 3.13. The molecule has 0 bridgehead atoms. The molecule has 0 N–H and O–H groups in total. The van der Waals surface area contributed by atoms with E-state index in [1.165, 1.54) is 18.3 Å². The first-order valence-corrected chi connectivity index (χ1v) is 8.36. The number of hydrogen-bond donors (Lipinski definition) is 0. The van der Waals surface area contributed by atoms with Crippen molar-refractivity contribution in [3.63, 3.8) is 0 Å². The SMILES string of the molecule is CC(C)CCN(C1CC1)S(=O)(=O)c1ccc(Cl)nc1. The predicted octanol–water partition coefficient (Wildman–Crippen LogP) is 2.93. The Bertz CT molecular complexity index is 524. The minimum absolute atomic E-state index is 0.166. The second-order valence-corrected chi connectivity index (χ2v) is 7.62. The van der Waals surface area contributed by atoms with Crippen LogP contribution in [0.5, 0.6) is 0 Å². The van der Waals surface area contributed by atoms with Crippen LogP contribution in [-0.2, 0) is 10.0 Å². The summed E-state index contributed by atoms with van der Waals surface area (Å²) in [6.07, 6.45) is 4.12. The van der Waals surface area contributed by atoms with Gasteiger partial charge in [-0.05, 0) is 37.3 Å². The minimum atomic E-state index is -3.44. The van der Waals surface area contributed by atoms with Crippen molar-refractivity contribution in [2.24, 2.45) is 5.92 Å². The van der Waals surface area contributed by atoms with Crippen molar-refractivity contribution in [2.75, 3.05) is 6.54 Å². The van der Waals surface area contributed by atoms with Gasteiger partial charge in [0, 0.05) is 18.8 Å². The van der Waals surface area contributed by atoms with Crippen molar-refractivity contribution in [3.05, 3.63) is 23.5 Å². The Balaban J connectivity index is 2.21. The molecule has 1 saturated carbocycles. The summed E-state index contributed by atoms with van der Waals surface area (Å²) in [5.41, 5.74) is 0. The lowest BCUT2D eigenvalue weighted by Gasteiger charge is -2.22. The highest BCUT2D eigenvalue weighted by atomic mass is 35.5. The number of sulfonamides is 1. The van der Waals surface area contributed by atoms with E-state index in [-0.39, 0.29) is 10.9 Å². The molecule has 1 heterocycles. The summed E-state index contributed by atoms with van der Waals surface area (Å²) < 4.78 is 26.8. The van der Waals surface area contributed by atoms with Crippen LogP contribution in [0.3, 0.4) is 0 Å². The van der Waals surface area contributed by atoms with Gasteiger partial charge >= 0.3 is 0 Å². The molecule has 0 aliphatic heterocycles. The van der Waals surface area contributed by atoms with Crippen molar-refractivity contribution in [1.82, 2.24) is 9.29 Å². The Hall–Kier alpha value is -0.650. The van der Waals surface area contributed by atoms with Crippen LogP contribution in [-0.4, -0.2) is 30.3 Å². The molecule has 1 fully saturated rings. The number of aromatic nitrogens is 1. The molecule has 0 spiro atoms. The first-order valence-electron chi connectivity index (χ1n) is 6.54. The van der Waals surface area contributed by atoms with Gasteiger partial charge in [0.1, 0.15) is 10.0 Å². The first-order chi connectivity index (χ1) is 8.91. The maximum absolute atomic E-state index is 12.6. The molecule has 0 atom stereocenters. The standard InChI is InChI=1S/C13H19ClN2O2S/c1-10(2)7-8-16(11-3-4-11)19(17,18)12-5-6-13(14)15-9-12/h5-6,9-11H,3-4,7-8H2,1-2H3. The molecule has 0 unspecified atom stereocenters. The molecule has 106 valence electrons. The summed E-state index contributed by atoms with van der Waals surface area (Å²) >= 11 is 5.70. The smallest absolute Gasteiger partial charge is 0.243 e. The van der Waals surface area contributed by atoms with Crippen molar-refractivity contribution in [1.29, 1.82) is 0 Å². The van der Waals surface area contributed by atoms with Crippen LogP contribution in [0.15, 0.2) is 23.2 Å². The van der Waals surface area contributed by atoms with Gasteiger partial charge < -0.3 is 0 Å². The van der Waals surface area contributed by atoms with Gasteiger partial charge in [0.2, 0.25) is 10.0 Å². The summed E-state index contributed by atoms with van der Waals surface area (Å²) in [5.74, 6) is 0.486. The molecule has 2 rings (SSSR count). The number of hydrogen-bond acceptors (Lipinski definition) is 3. The molecule has 4 nitrogen and oxygen atoms in total. The van der Waals surface area contributed by atoms with Gasteiger partial charge in [-0.2, -0.15) is 4.31 Å². The molecule has 1 aromatic rings. The van der Waals surface area contributed by atoms with Crippen LogP contribution in [0.4, 0.5) is 0 Å². The Morgan fingerprint density at radius 2 is 2.11 bits per heavy atom. The van der Waals surface area contributed by atoms with Crippen LogP contribution in [0.1, 0.15) is 33.1 Å². The topological polar surface area (TPSA) is 50.3 Å². The van der Waals surface area contributed by atoms with E-state index in [0.717, 1.165) is 19.3 Å². The minimum Gasteiger partial charge on any atom is -0.243 e. The lowest BCUT2D eigenvalue weighted by molar-refractivity contribution is 0.373. The van der Waals surface area contributed by atoms with E-state index in [0.29, 0.717) is 17.6 Å². The van der Waals surface area contributed by atoms with Gasteiger partial charge in [0.15, 0.2) is 0 Å². The molecule has 1 aliphatic rings. The number of nitrogens with zero attached hydrogens (tertiary/aromatic N) is 2. The summed E-state index contributed by atoms with van der Waals surface area (Å²) in [4.78, 5) is 4.09. The molecule has 0 amide bonds. The van der Waals surface area contributed by atoms with Crippen LogP contribution in [0, 0.1) is 5.92 Å². The Labute approximate surface area is 119 Å². The normalized spacial score (nSPS) is 16.3. The lowest BCUT2D eigenvalue weighted by atomic mass is 10.1. The zero-order valence-corrected chi connectivity index (χ0v) is 12.8. The predicted molar refractivity (Wildman–Crippen MR) is 75.6 cm³/mol. The van der Waals surface area contributed by atoms with Gasteiger partial charge in [0.25, 0.3) is 0 Å². The average molecular weight is 303 g/mol. The Morgan fingerprint density at radius 3 is 2.58 bits per heavy atom. The van der Waals surface area contributed by atoms with Crippen molar-refractivity contribution in [3.8, 4) is 0 Å². The van der Waals surface area contributed by atoms with Crippen LogP contribution < -0.4 is 0 Å². The van der Waals surface area contributed by atoms with E-state index in [2.05, 4.69) is 18.8 Å². The van der Waals surface area contributed by atoms with E-state index >= 15 is 0 Å². The zero-order chi connectivity index (χ0) is 14.0. The number of halogens is 1. The molecule has 0 aromatic carbocycles. The summed E-state index contributed by atoms with van der Waals surface area (Å²) in [5, 5.41) is 0.305. The largest absolute Gasteiger partial charge is 0.244 e. The number of rotatable bonds is 6. The Morgan fingerprint density at radius 1 is 1.42 bits per heavy atom. The molecule has 0 saturated heterocycles. The molecule has 19 heavy (non-hydrogen) atoms. The molecule has 0 radical (unpaired) electrons. The summed E-state index contributed by atoms with van der Waals surface area (Å²) in [6, 6.07) is 3.21. The van der Waals surface area contributed by atoms with Gasteiger partial charge in [-0.3, -0.25) is 0 Å². The van der Waals surface area contributed by atoms with E-state index in [9.17, 15) is 8.42 Å². The van der Waals surface area contributed by atoms with Crippen LogP contribution in [0.2, 0.25) is 5.15 Å². The van der Waals surface area contributed by atoms with Crippen LogP contribution >= 0.6 is 11.6 Å². The highest BCUT2D eigenvalue weighted by molar-refractivity contribution is 7.89. The third-order valence-corrected chi connectivity index (χ3v) is 5.35. The first kappa shape index (κ1) is 14.8. The fraction of sp³-hybridized carbons (Fsp3) is 0.615. The quantitative estimate of drug-likeness (QED) is 0.759. The highest BCUT2D eigenvalue weighted by Gasteiger charge is 2.37. The fourth-order valence-corrected chi connectivity index (χ4v) is 3.65. The zero-order valence-electron chi connectivity index (χ0n) is 11.2. The van der Waals surface area contributed by atoms with Gasteiger partial charge in [0.05, 0.1) is 0 Å². The highest BCUT2D eigenvalue weighted by Crippen LogP contribution is 2.32. The molecule has 6 heteroatoms. The van der Waals surface area contributed by atoms with E-state index in [4.69, 9.17) is 11.6 Å². The summed E-state index contributed by atoms with van der Waals surface area (Å²) in [6.45, 7) is 4.77. The second kappa shape index (κ2) is 5.77. The summed E-state index contributed by atoms with van der Waals surface area (Å²) in [7, 11) is -3.44. The molecular formula is C13H19ClN2O2S. The maximum atomic E-state index is 12.6. The second-order valence-electron chi connectivity index (χ2n) is 5.35. The van der Waals surface area contributed by atoms with Crippen LogP contribution in [0.25, 0.3) is 0 Å².